The molecule has 0 spiro atoms. The summed E-state index contributed by atoms with van der Waals surface area (Å²) in [6.07, 6.45) is 1.56. The first-order chi connectivity index (χ1) is 11.0. The van der Waals surface area contributed by atoms with Crippen molar-refractivity contribution in [2.75, 3.05) is 14.2 Å². The number of benzene rings is 1. The molecule has 0 aliphatic heterocycles. The molecule has 7 heteroatoms. The molecule has 23 heavy (non-hydrogen) atoms. The molecule has 0 amide bonds. The first-order valence-electron chi connectivity index (χ1n) is 7.15. The molecule has 0 radical (unpaired) electrons. The van der Waals surface area contributed by atoms with E-state index in [0.717, 1.165) is 10.1 Å². The first-order valence-corrected chi connectivity index (χ1v) is 7.15. The Kier molecular flexibility index (Phi) is 5.23. The van der Waals surface area contributed by atoms with Gasteiger partial charge in [0.25, 0.3) is 5.56 Å². The van der Waals surface area contributed by atoms with Crippen molar-refractivity contribution in [1.82, 2.24) is 14.5 Å². The summed E-state index contributed by atoms with van der Waals surface area (Å²) in [4.78, 5) is 23.7. The Morgan fingerprint density at radius 2 is 1.74 bits per heavy atom. The number of nitrogens with one attached hydrogen (secondary N) is 1. The molecule has 0 unspecified atom stereocenters. The van der Waals surface area contributed by atoms with E-state index in [1.54, 1.807) is 27.5 Å². The van der Waals surface area contributed by atoms with Gasteiger partial charge < -0.3 is 19.4 Å². The Labute approximate surface area is 134 Å². The van der Waals surface area contributed by atoms with Crippen molar-refractivity contribution >= 4 is 0 Å². The van der Waals surface area contributed by atoms with Crippen LogP contribution in [0.3, 0.4) is 0 Å². The van der Waals surface area contributed by atoms with Crippen LogP contribution in [0.15, 0.2) is 34.0 Å². The van der Waals surface area contributed by atoms with E-state index >= 15 is 0 Å². The third-order valence-corrected chi connectivity index (χ3v) is 3.61. The Morgan fingerprint density at radius 3 is 2.39 bits per heavy atom. The highest BCUT2D eigenvalue weighted by atomic mass is 16.5. The second-order valence-electron chi connectivity index (χ2n) is 5.20. The molecular weight excluding hydrogens is 298 g/mol. The molecule has 0 aliphatic carbocycles. The van der Waals surface area contributed by atoms with Crippen LogP contribution >= 0.6 is 0 Å². The molecule has 0 atom stereocenters. The molecule has 1 aromatic carbocycles. The average molecular weight is 319 g/mol. The third-order valence-electron chi connectivity index (χ3n) is 3.61. The van der Waals surface area contributed by atoms with Crippen LogP contribution < -0.4 is 26.0 Å². The lowest BCUT2D eigenvalue weighted by Gasteiger charge is -2.11. The van der Waals surface area contributed by atoms with Crippen LogP contribution in [0.25, 0.3) is 0 Å². The molecule has 0 fully saturated rings. The molecule has 1 heterocycles. The quantitative estimate of drug-likeness (QED) is 0.834. The Bertz CT molecular complexity index is 808. The molecule has 1 aromatic heterocycles. The molecule has 124 valence electrons. The SMILES string of the molecule is COc1ccc(CNCc2cn(C)c(=O)n(C)c2=O)cc1OC. The molecule has 0 aliphatic rings. The van der Waals surface area contributed by atoms with Gasteiger partial charge in [-0.1, -0.05) is 6.07 Å². The Hall–Kier alpha value is -2.54. The predicted molar refractivity (Wildman–Crippen MR) is 87.0 cm³/mol. The van der Waals surface area contributed by atoms with Gasteiger partial charge in [0, 0.05) is 38.9 Å². The van der Waals surface area contributed by atoms with Gasteiger partial charge in [0.1, 0.15) is 0 Å². The predicted octanol–water partition coefficient (Wildman–Crippen LogP) is 0.391. The maximum absolute atomic E-state index is 12.0. The molecule has 1 N–H and O–H groups in total. The number of methoxy groups -OCH3 is 2. The number of ether oxygens (including phenoxy) is 2. The maximum atomic E-state index is 12.0. The van der Waals surface area contributed by atoms with Crippen LogP contribution in [-0.2, 0) is 27.2 Å². The van der Waals surface area contributed by atoms with E-state index in [2.05, 4.69) is 5.32 Å². The van der Waals surface area contributed by atoms with Crippen LogP contribution in [0.2, 0.25) is 0 Å². The number of hydrogen-bond acceptors (Lipinski definition) is 5. The van der Waals surface area contributed by atoms with E-state index in [4.69, 9.17) is 9.47 Å². The number of aromatic nitrogens is 2. The molecular formula is C16H21N3O4. The van der Waals surface area contributed by atoms with Gasteiger partial charge in [0.15, 0.2) is 11.5 Å². The zero-order chi connectivity index (χ0) is 17.0. The van der Waals surface area contributed by atoms with Gasteiger partial charge in [-0.25, -0.2) is 4.79 Å². The van der Waals surface area contributed by atoms with Gasteiger partial charge in [0.2, 0.25) is 0 Å². The van der Waals surface area contributed by atoms with Crippen LogP contribution in [0.1, 0.15) is 11.1 Å². The zero-order valence-electron chi connectivity index (χ0n) is 13.8. The fourth-order valence-electron chi connectivity index (χ4n) is 2.34. The third kappa shape index (κ3) is 3.62. The van der Waals surface area contributed by atoms with Crippen molar-refractivity contribution in [2.24, 2.45) is 14.1 Å². The fourth-order valence-corrected chi connectivity index (χ4v) is 2.34. The highest BCUT2D eigenvalue weighted by molar-refractivity contribution is 5.42. The summed E-state index contributed by atoms with van der Waals surface area (Å²) >= 11 is 0. The van der Waals surface area contributed by atoms with Crippen LogP contribution in [0.5, 0.6) is 11.5 Å². The topological polar surface area (TPSA) is 74.5 Å². The van der Waals surface area contributed by atoms with E-state index in [-0.39, 0.29) is 11.2 Å². The molecule has 0 bridgehead atoms. The van der Waals surface area contributed by atoms with Gasteiger partial charge in [-0.05, 0) is 17.7 Å². The van der Waals surface area contributed by atoms with Gasteiger partial charge in [-0.3, -0.25) is 9.36 Å². The number of aryl methyl sites for hydroxylation is 1. The first kappa shape index (κ1) is 16.8. The maximum Gasteiger partial charge on any atom is 0.330 e. The monoisotopic (exact) mass is 319 g/mol. The van der Waals surface area contributed by atoms with Gasteiger partial charge >= 0.3 is 5.69 Å². The minimum absolute atomic E-state index is 0.284. The normalized spacial score (nSPS) is 10.6. The number of nitrogens with zero attached hydrogens (tertiary/aromatic N) is 2. The highest BCUT2D eigenvalue weighted by Crippen LogP contribution is 2.27. The van der Waals surface area contributed by atoms with Crippen LogP contribution in [0.4, 0.5) is 0 Å². The second-order valence-corrected chi connectivity index (χ2v) is 5.20. The largest absolute Gasteiger partial charge is 0.493 e. The molecule has 0 saturated carbocycles. The van der Waals surface area contributed by atoms with Crippen molar-refractivity contribution in [1.29, 1.82) is 0 Å². The molecule has 2 rings (SSSR count). The van der Waals surface area contributed by atoms with Crippen molar-refractivity contribution in [3.05, 3.63) is 56.4 Å². The van der Waals surface area contributed by atoms with Crippen LogP contribution in [0, 0.1) is 0 Å². The summed E-state index contributed by atoms with van der Waals surface area (Å²) in [7, 11) is 6.27. The lowest BCUT2D eigenvalue weighted by molar-refractivity contribution is 0.354. The lowest BCUT2D eigenvalue weighted by Crippen LogP contribution is -2.39. The Balaban J connectivity index is 2.09. The number of hydrogen-bond donors (Lipinski definition) is 1. The van der Waals surface area contributed by atoms with Gasteiger partial charge in [0.05, 0.1) is 14.2 Å². The van der Waals surface area contributed by atoms with Crippen molar-refractivity contribution < 1.29 is 9.47 Å². The molecule has 2 aromatic rings. The highest BCUT2D eigenvalue weighted by Gasteiger charge is 2.07. The summed E-state index contributed by atoms with van der Waals surface area (Å²) in [5.74, 6) is 1.33. The van der Waals surface area contributed by atoms with E-state index in [0.29, 0.717) is 30.2 Å². The van der Waals surface area contributed by atoms with Gasteiger partial charge in [-0.15, -0.1) is 0 Å². The summed E-state index contributed by atoms with van der Waals surface area (Å²) in [6, 6.07) is 5.64. The van der Waals surface area contributed by atoms with E-state index in [1.807, 2.05) is 18.2 Å². The molecule has 7 nitrogen and oxygen atoms in total. The average Bonchev–Trinajstić information content (AvgIpc) is 2.57. The van der Waals surface area contributed by atoms with Gasteiger partial charge in [-0.2, -0.15) is 0 Å². The van der Waals surface area contributed by atoms with E-state index in [1.165, 1.54) is 11.6 Å². The summed E-state index contributed by atoms with van der Waals surface area (Å²) in [5, 5.41) is 3.20. The van der Waals surface area contributed by atoms with E-state index < -0.39 is 0 Å². The minimum Gasteiger partial charge on any atom is -0.493 e. The second kappa shape index (κ2) is 7.15. The lowest BCUT2D eigenvalue weighted by atomic mass is 10.2. The zero-order valence-corrected chi connectivity index (χ0v) is 13.8. The van der Waals surface area contributed by atoms with E-state index in [9.17, 15) is 9.59 Å². The van der Waals surface area contributed by atoms with Crippen molar-refractivity contribution in [3.63, 3.8) is 0 Å². The summed E-state index contributed by atoms with van der Waals surface area (Å²) in [5.41, 5.74) is 0.922. The van der Waals surface area contributed by atoms with Crippen LogP contribution in [-0.4, -0.2) is 23.4 Å². The standard InChI is InChI=1S/C16H21N3O4/c1-18-10-12(15(20)19(2)16(18)21)9-17-8-11-5-6-13(22-3)14(7-11)23-4/h5-7,10,17H,8-9H2,1-4H3. The number of rotatable bonds is 6. The smallest absolute Gasteiger partial charge is 0.330 e. The minimum atomic E-state index is -0.335. The van der Waals surface area contributed by atoms with Crippen molar-refractivity contribution in [2.45, 2.75) is 13.1 Å². The summed E-state index contributed by atoms with van der Waals surface area (Å²) in [6.45, 7) is 0.932. The molecule has 0 saturated heterocycles. The Morgan fingerprint density at radius 1 is 1.04 bits per heavy atom. The fraction of sp³-hybridized carbons (Fsp3) is 0.375. The summed E-state index contributed by atoms with van der Waals surface area (Å²) < 4.78 is 13.0. The van der Waals surface area contributed by atoms with Crippen molar-refractivity contribution in [3.8, 4) is 11.5 Å².